The summed E-state index contributed by atoms with van der Waals surface area (Å²) in [7, 11) is -3.76. The lowest BCUT2D eigenvalue weighted by molar-refractivity contribution is 0.0657. The number of nitrogens with zero attached hydrogens (tertiary/aromatic N) is 2. The van der Waals surface area contributed by atoms with E-state index in [1.807, 2.05) is 13.0 Å². The SMILES string of the molecule is C=COC(=O)c1c(P(=O)(OCC)OCC)nc2c(CC)cccn12. The molecule has 130 valence electrons. The Labute approximate surface area is 140 Å². The summed E-state index contributed by atoms with van der Waals surface area (Å²) in [6, 6.07) is 3.68. The molecule has 0 aliphatic carbocycles. The number of carbonyl (C=O) groups is 1. The molecule has 0 aromatic carbocycles. The average molecular weight is 352 g/mol. The molecule has 0 saturated carbocycles. The minimum Gasteiger partial charge on any atom is -0.430 e. The summed E-state index contributed by atoms with van der Waals surface area (Å²) in [6.07, 6.45) is 3.37. The molecule has 0 aliphatic heterocycles. The molecule has 24 heavy (non-hydrogen) atoms. The Morgan fingerprint density at radius 3 is 2.54 bits per heavy atom. The number of hydrogen-bond donors (Lipinski definition) is 0. The van der Waals surface area contributed by atoms with Crippen molar-refractivity contribution >= 4 is 24.6 Å². The predicted octanol–water partition coefficient (Wildman–Crippen LogP) is 3.09. The zero-order chi connectivity index (χ0) is 17.7. The molecule has 8 heteroatoms. The van der Waals surface area contributed by atoms with E-state index in [0.29, 0.717) is 12.1 Å². The van der Waals surface area contributed by atoms with E-state index in [9.17, 15) is 9.36 Å². The largest absolute Gasteiger partial charge is 0.430 e. The normalized spacial score (nSPS) is 11.6. The van der Waals surface area contributed by atoms with Crippen LogP contribution in [0.1, 0.15) is 36.8 Å². The molecule has 0 fully saturated rings. The van der Waals surface area contributed by atoms with Gasteiger partial charge >= 0.3 is 13.6 Å². The van der Waals surface area contributed by atoms with Crippen molar-refractivity contribution in [3.63, 3.8) is 0 Å². The number of carbonyl (C=O) groups excluding carboxylic acids is 1. The van der Waals surface area contributed by atoms with Gasteiger partial charge in [-0.05, 0) is 31.9 Å². The minimum atomic E-state index is -3.76. The van der Waals surface area contributed by atoms with Crippen molar-refractivity contribution in [1.29, 1.82) is 0 Å². The van der Waals surface area contributed by atoms with Gasteiger partial charge in [-0.25, -0.2) is 9.78 Å². The van der Waals surface area contributed by atoms with Crippen LogP contribution in [0.25, 0.3) is 5.65 Å². The highest BCUT2D eigenvalue weighted by molar-refractivity contribution is 7.62. The Kier molecular flexibility index (Phi) is 5.94. The van der Waals surface area contributed by atoms with Gasteiger partial charge in [-0.2, -0.15) is 0 Å². The molecule has 2 rings (SSSR count). The fourth-order valence-corrected chi connectivity index (χ4v) is 4.07. The Morgan fingerprint density at radius 2 is 2.00 bits per heavy atom. The predicted molar refractivity (Wildman–Crippen MR) is 90.7 cm³/mol. The van der Waals surface area contributed by atoms with Crippen molar-refractivity contribution in [2.75, 3.05) is 13.2 Å². The van der Waals surface area contributed by atoms with E-state index in [1.54, 1.807) is 30.5 Å². The van der Waals surface area contributed by atoms with Gasteiger partial charge in [0.25, 0.3) is 0 Å². The number of fused-ring (bicyclic) bond motifs is 1. The van der Waals surface area contributed by atoms with Gasteiger partial charge in [-0.3, -0.25) is 8.97 Å². The van der Waals surface area contributed by atoms with Crippen molar-refractivity contribution in [1.82, 2.24) is 9.38 Å². The molecule has 2 heterocycles. The summed E-state index contributed by atoms with van der Waals surface area (Å²) in [5.74, 6) is -0.722. The second-order valence-corrected chi connectivity index (χ2v) is 6.70. The van der Waals surface area contributed by atoms with Crippen molar-refractivity contribution in [3.8, 4) is 0 Å². The van der Waals surface area contributed by atoms with Gasteiger partial charge in [-0.1, -0.05) is 19.6 Å². The molecular formula is C16H21N2O5P. The zero-order valence-electron chi connectivity index (χ0n) is 14.0. The summed E-state index contributed by atoms with van der Waals surface area (Å²) < 4.78 is 30.3. The van der Waals surface area contributed by atoms with E-state index in [1.165, 1.54) is 0 Å². The molecule has 0 bridgehead atoms. The van der Waals surface area contributed by atoms with E-state index in [-0.39, 0.29) is 24.3 Å². The number of aromatic nitrogens is 2. The van der Waals surface area contributed by atoms with Gasteiger partial charge in [0, 0.05) is 6.20 Å². The third-order valence-corrected chi connectivity index (χ3v) is 5.36. The number of esters is 1. The molecule has 2 aromatic heterocycles. The maximum absolute atomic E-state index is 13.2. The van der Waals surface area contributed by atoms with Crippen LogP contribution in [0.3, 0.4) is 0 Å². The first-order chi connectivity index (χ1) is 11.5. The molecule has 0 N–H and O–H groups in total. The Morgan fingerprint density at radius 1 is 1.33 bits per heavy atom. The van der Waals surface area contributed by atoms with Crippen molar-refractivity contribution < 1.29 is 23.1 Å². The van der Waals surface area contributed by atoms with Crippen LogP contribution in [-0.4, -0.2) is 28.6 Å². The van der Waals surface area contributed by atoms with Crippen molar-refractivity contribution in [3.05, 3.63) is 42.4 Å². The average Bonchev–Trinajstić information content (AvgIpc) is 2.95. The number of pyridine rings is 1. The first kappa shape index (κ1) is 18.4. The lowest BCUT2D eigenvalue weighted by atomic mass is 10.2. The number of hydrogen-bond acceptors (Lipinski definition) is 6. The molecule has 7 nitrogen and oxygen atoms in total. The van der Waals surface area contributed by atoms with E-state index in [2.05, 4.69) is 11.6 Å². The van der Waals surface area contributed by atoms with Crippen LogP contribution >= 0.6 is 7.60 Å². The summed E-state index contributed by atoms with van der Waals surface area (Å²) in [4.78, 5) is 16.8. The van der Waals surface area contributed by atoms with Gasteiger partial charge in [0.2, 0.25) is 0 Å². The van der Waals surface area contributed by atoms with E-state index < -0.39 is 13.6 Å². The van der Waals surface area contributed by atoms with Gasteiger partial charge in [0.05, 0.1) is 19.5 Å². The highest BCUT2D eigenvalue weighted by atomic mass is 31.2. The molecule has 2 aromatic rings. The molecule has 0 spiro atoms. The highest BCUT2D eigenvalue weighted by Gasteiger charge is 2.37. The first-order valence-electron chi connectivity index (χ1n) is 7.73. The molecule has 0 unspecified atom stereocenters. The van der Waals surface area contributed by atoms with Crippen LogP contribution in [0.5, 0.6) is 0 Å². The second-order valence-electron chi connectivity index (χ2n) is 4.77. The van der Waals surface area contributed by atoms with Crippen LogP contribution in [0.4, 0.5) is 0 Å². The number of aryl methyl sites for hydroxylation is 1. The molecule has 0 atom stereocenters. The van der Waals surface area contributed by atoms with Gasteiger partial charge in [-0.15, -0.1) is 0 Å². The van der Waals surface area contributed by atoms with Gasteiger partial charge in [0.1, 0.15) is 5.65 Å². The Bertz CT molecular complexity index is 789. The zero-order valence-corrected chi connectivity index (χ0v) is 14.9. The molecular weight excluding hydrogens is 331 g/mol. The molecule has 0 radical (unpaired) electrons. The van der Waals surface area contributed by atoms with E-state index in [4.69, 9.17) is 13.8 Å². The second kappa shape index (κ2) is 7.75. The summed E-state index contributed by atoms with van der Waals surface area (Å²) in [5, 5.41) is 0. The van der Waals surface area contributed by atoms with Crippen LogP contribution in [0.15, 0.2) is 31.2 Å². The first-order valence-corrected chi connectivity index (χ1v) is 9.28. The maximum Gasteiger partial charge on any atom is 0.382 e. The smallest absolute Gasteiger partial charge is 0.382 e. The monoisotopic (exact) mass is 352 g/mol. The quantitative estimate of drug-likeness (QED) is 0.413. The van der Waals surface area contributed by atoms with Crippen molar-refractivity contribution in [2.24, 2.45) is 0 Å². The van der Waals surface area contributed by atoms with Crippen LogP contribution in [0.2, 0.25) is 0 Å². The maximum atomic E-state index is 13.2. The Hall–Kier alpha value is -1.95. The van der Waals surface area contributed by atoms with E-state index in [0.717, 1.165) is 11.8 Å². The van der Waals surface area contributed by atoms with Gasteiger partial charge in [0.15, 0.2) is 11.1 Å². The lowest BCUT2D eigenvalue weighted by Gasteiger charge is -2.15. The standard InChI is InChI=1S/C16H21N2O5P/c1-5-12-10-9-11-18-13(16(19)21-6-2)15(17-14(12)18)24(20,22-7-3)23-8-4/h6,9-11H,2,5,7-8H2,1,3-4H3. The third-order valence-electron chi connectivity index (χ3n) is 3.33. The Balaban J connectivity index is 2.80. The van der Waals surface area contributed by atoms with Crippen LogP contribution < -0.4 is 5.44 Å². The minimum absolute atomic E-state index is 0.0189. The number of imidazole rings is 1. The summed E-state index contributed by atoms with van der Waals surface area (Å²) in [6.45, 7) is 9.05. The number of ether oxygens (including phenoxy) is 1. The summed E-state index contributed by atoms with van der Waals surface area (Å²) >= 11 is 0. The molecule has 0 aliphatic rings. The van der Waals surface area contributed by atoms with Crippen LogP contribution in [-0.2, 0) is 24.8 Å². The van der Waals surface area contributed by atoms with Gasteiger partial charge < -0.3 is 13.8 Å². The topological polar surface area (TPSA) is 79.1 Å². The van der Waals surface area contributed by atoms with Crippen molar-refractivity contribution in [2.45, 2.75) is 27.2 Å². The van der Waals surface area contributed by atoms with E-state index >= 15 is 0 Å². The molecule has 0 saturated heterocycles. The molecule has 0 amide bonds. The summed E-state index contributed by atoms with van der Waals surface area (Å²) in [5.41, 5.74) is 1.39. The fourth-order valence-electron chi connectivity index (χ4n) is 2.40. The highest BCUT2D eigenvalue weighted by Crippen LogP contribution is 2.47. The lowest BCUT2D eigenvalue weighted by Crippen LogP contribution is -2.21. The van der Waals surface area contributed by atoms with Crippen LogP contribution in [0, 0.1) is 0 Å². The fraction of sp³-hybridized carbons (Fsp3) is 0.375. The third kappa shape index (κ3) is 3.29. The number of rotatable bonds is 8.